The fraction of sp³-hybridized carbons (Fsp3) is 0.368. The topological polar surface area (TPSA) is 92.0 Å². The van der Waals surface area contributed by atoms with E-state index in [9.17, 15) is 9.59 Å². The monoisotopic (exact) mass is 429 g/mol. The maximum Gasteiger partial charge on any atom is 0.254 e. The molecule has 1 saturated heterocycles. The highest BCUT2D eigenvalue weighted by Gasteiger charge is 2.59. The molecule has 0 spiro atoms. The summed E-state index contributed by atoms with van der Waals surface area (Å²) in [6.45, 7) is -0.113. The van der Waals surface area contributed by atoms with Crippen LogP contribution in [0.1, 0.15) is 12.0 Å². The van der Waals surface area contributed by atoms with Crippen LogP contribution in [0.5, 0.6) is 11.5 Å². The van der Waals surface area contributed by atoms with Crippen molar-refractivity contribution in [2.24, 2.45) is 28.8 Å². The number of hydrogen-bond acceptors (Lipinski definition) is 6. The first kappa shape index (κ1) is 17.7. The number of rotatable bonds is 5. The van der Waals surface area contributed by atoms with Crippen LogP contribution in [0, 0.1) is 35.0 Å². The van der Waals surface area contributed by atoms with E-state index in [2.05, 4.69) is 21.0 Å². The lowest BCUT2D eigenvalue weighted by Crippen LogP contribution is -2.28. The predicted octanol–water partition coefficient (Wildman–Crippen LogP) is 2.50. The Bertz CT molecular complexity index is 890. The Morgan fingerprint density at radius 2 is 1.96 bits per heavy atom. The first-order chi connectivity index (χ1) is 13.0. The first-order valence-electron chi connectivity index (χ1n) is 8.52. The van der Waals surface area contributed by atoms with Gasteiger partial charge >= 0.3 is 0 Å². The number of allylic oxidation sites excluding steroid dienone is 2. The second-order valence-electron chi connectivity index (χ2n) is 6.71. The molecule has 4 rings (SSSR count). The summed E-state index contributed by atoms with van der Waals surface area (Å²) in [5, 5.41) is 13.8. The number of halogens is 1. The highest BCUT2D eigenvalue weighted by Crippen LogP contribution is 2.52. The SMILES string of the molecule is COc1cc(C=NN2C(=O)C3C4C=CC(C4)C3C2=O)cc(Br)c1OCC#N. The largest absolute Gasteiger partial charge is 0.493 e. The Labute approximate surface area is 164 Å². The minimum atomic E-state index is -0.271. The third-order valence-corrected chi connectivity index (χ3v) is 5.89. The maximum absolute atomic E-state index is 12.6. The van der Waals surface area contributed by atoms with Crippen molar-refractivity contribution in [3.63, 3.8) is 0 Å². The Kier molecular flexibility index (Phi) is 4.48. The Balaban J connectivity index is 1.57. The zero-order chi connectivity index (χ0) is 19.1. The number of carbonyl (C=O) groups excluding carboxylic acids is 2. The second kappa shape index (κ2) is 6.82. The van der Waals surface area contributed by atoms with Gasteiger partial charge in [-0.3, -0.25) is 9.59 Å². The molecule has 2 amide bonds. The summed E-state index contributed by atoms with van der Waals surface area (Å²) in [5.74, 6) is 0.141. The molecular formula is C19H16BrN3O4. The number of nitriles is 1. The quantitative estimate of drug-likeness (QED) is 0.407. The molecule has 2 bridgehead atoms. The van der Waals surface area contributed by atoms with Gasteiger partial charge in [0.1, 0.15) is 6.07 Å². The van der Waals surface area contributed by atoms with Crippen molar-refractivity contribution in [1.82, 2.24) is 5.01 Å². The molecule has 2 aliphatic carbocycles. The minimum absolute atomic E-state index is 0.113. The smallest absolute Gasteiger partial charge is 0.254 e. The molecule has 1 aromatic carbocycles. The van der Waals surface area contributed by atoms with Crippen LogP contribution in [0.2, 0.25) is 0 Å². The van der Waals surface area contributed by atoms with Gasteiger partial charge in [0.15, 0.2) is 18.1 Å². The number of imide groups is 1. The van der Waals surface area contributed by atoms with Gasteiger partial charge < -0.3 is 9.47 Å². The van der Waals surface area contributed by atoms with Crippen molar-refractivity contribution in [2.45, 2.75) is 6.42 Å². The van der Waals surface area contributed by atoms with Crippen molar-refractivity contribution < 1.29 is 19.1 Å². The summed E-state index contributed by atoms with van der Waals surface area (Å²) in [6, 6.07) is 5.28. The van der Waals surface area contributed by atoms with E-state index in [4.69, 9.17) is 14.7 Å². The molecule has 27 heavy (non-hydrogen) atoms. The molecule has 4 atom stereocenters. The van der Waals surface area contributed by atoms with Gasteiger partial charge in [-0.15, -0.1) is 0 Å². The predicted molar refractivity (Wildman–Crippen MR) is 99.0 cm³/mol. The van der Waals surface area contributed by atoms with Crippen LogP contribution >= 0.6 is 15.9 Å². The van der Waals surface area contributed by atoms with E-state index in [0.29, 0.717) is 21.5 Å². The fourth-order valence-electron chi connectivity index (χ4n) is 4.18. The van der Waals surface area contributed by atoms with E-state index >= 15 is 0 Å². The van der Waals surface area contributed by atoms with Gasteiger partial charge in [-0.2, -0.15) is 15.4 Å². The number of fused-ring (bicyclic) bond motifs is 5. The highest BCUT2D eigenvalue weighted by molar-refractivity contribution is 9.10. The Hall–Kier alpha value is -2.66. The van der Waals surface area contributed by atoms with Crippen molar-refractivity contribution >= 4 is 34.0 Å². The van der Waals surface area contributed by atoms with Gasteiger partial charge in [0.25, 0.3) is 11.8 Å². The molecule has 1 aromatic rings. The molecule has 2 fully saturated rings. The third kappa shape index (κ3) is 2.82. The number of benzene rings is 1. The third-order valence-electron chi connectivity index (χ3n) is 5.30. The van der Waals surface area contributed by atoms with Crippen molar-refractivity contribution in [1.29, 1.82) is 5.26 Å². The summed E-state index contributed by atoms with van der Waals surface area (Å²) in [6.07, 6.45) is 6.44. The lowest BCUT2D eigenvalue weighted by molar-refractivity contribution is -0.140. The van der Waals surface area contributed by atoms with Crippen molar-refractivity contribution in [2.75, 3.05) is 13.7 Å². The number of hydrazone groups is 1. The number of amides is 2. The van der Waals surface area contributed by atoms with Gasteiger partial charge in [-0.05, 0) is 51.9 Å². The molecule has 0 N–H and O–H groups in total. The Morgan fingerprint density at radius 3 is 2.56 bits per heavy atom. The van der Waals surface area contributed by atoms with Crippen molar-refractivity contribution in [3.05, 3.63) is 34.3 Å². The molecule has 3 aliphatic rings. The number of ether oxygens (including phenoxy) is 2. The highest BCUT2D eigenvalue weighted by atomic mass is 79.9. The lowest BCUT2D eigenvalue weighted by atomic mass is 9.85. The van der Waals surface area contributed by atoms with Gasteiger partial charge in [0, 0.05) is 0 Å². The van der Waals surface area contributed by atoms with Crippen LogP contribution in [-0.2, 0) is 9.59 Å². The second-order valence-corrected chi connectivity index (χ2v) is 7.57. The van der Waals surface area contributed by atoms with E-state index < -0.39 is 0 Å². The molecule has 7 nitrogen and oxygen atoms in total. The molecule has 1 aliphatic heterocycles. The van der Waals surface area contributed by atoms with Crippen LogP contribution in [0.15, 0.2) is 33.9 Å². The van der Waals surface area contributed by atoms with Crippen molar-refractivity contribution in [3.8, 4) is 17.6 Å². The van der Waals surface area contributed by atoms with Crippen LogP contribution in [-0.4, -0.2) is 36.8 Å². The van der Waals surface area contributed by atoms with Crippen LogP contribution in [0.4, 0.5) is 0 Å². The van der Waals surface area contributed by atoms with Gasteiger partial charge in [0.2, 0.25) is 0 Å². The van der Waals surface area contributed by atoms with E-state index in [1.807, 2.05) is 18.2 Å². The zero-order valence-corrected chi connectivity index (χ0v) is 16.0. The van der Waals surface area contributed by atoms with Gasteiger partial charge in [-0.1, -0.05) is 12.2 Å². The summed E-state index contributed by atoms with van der Waals surface area (Å²) < 4.78 is 11.2. The number of hydrogen-bond donors (Lipinski definition) is 0. The first-order valence-corrected chi connectivity index (χ1v) is 9.32. The van der Waals surface area contributed by atoms with Crippen LogP contribution < -0.4 is 9.47 Å². The molecule has 1 saturated carbocycles. The fourth-order valence-corrected chi connectivity index (χ4v) is 4.76. The number of carbonyl (C=O) groups is 2. The van der Waals surface area contributed by atoms with Crippen LogP contribution in [0.25, 0.3) is 0 Å². The summed E-state index contributed by atoms with van der Waals surface area (Å²) in [7, 11) is 1.49. The van der Waals surface area contributed by atoms with E-state index in [-0.39, 0.29) is 42.1 Å². The number of methoxy groups -OCH3 is 1. The molecule has 0 aromatic heterocycles. The average molecular weight is 430 g/mol. The molecule has 0 radical (unpaired) electrons. The zero-order valence-electron chi connectivity index (χ0n) is 14.5. The van der Waals surface area contributed by atoms with E-state index in [0.717, 1.165) is 11.4 Å². The lowest BCUT2D eigenvalue weighted by Gasteiger charge is -2.13. The van der Waals surface area contributed by atoms with Gasteiger partial charge in [0.05, 0.1) is 29.6 Å². The standard InChI is InChI=1S/C19H16BrN3O4/c1-26-14-7-10(6-13(20)17(14)27-5-4-21)9-22-23-18(24)15-11-2-3-12(8-11)16(15)19(23)25/h2-3,6-7,9,11-12,15-16H,5,8H2,1H3. The summed E-state index contributed by atoms with van der Waals surface area (Å²) in [4.78, 5) is 25.3. The molecule has 4 unspecified atom stereocenters. The number of nitrogens with zero attached hydrogens (tertiary/aromatic N) is 3. The minimum Gasteiger partial charge on any atom is -0.493 e. The van der Waals surface area contributed by atoms with E-state index in [1.165, 1.54) is 13.3 Å². The average Bonchev–Trinajstić information content (AvgIpc) is 3.33. The molecule has 1 heterocycles. The molecule has 8 heteroatoms. The summed E-state index contributed by atoms with van der Waals surface area (Å²) >= 11 is 3.38. The molecule has 138 valence electrons. The summed E-state index contributed by atoms with van der Waals surface area (Å²) in [5.41, 5.74) is 0.627. The normalized spacial score (nSPS) is 28.1. The maximum atomic E-state index is 12.6. The molecular weight excluding hydrogens is 414 g/mol. The van der Waals surface area contributed by atoms with E-state index in [1.54, 1.807) is 12.1 Å². The van der Waals surface area contributed by atoms with Gasteiger partial charge in [-0.25, -0.2) is 0 Å². The Morgan fingerprint density at radius 1 is 1.30 bits per heavy atom. The van der Waals surface area contributed by atoms with Crippen LogP contribution in [0.3, 0.4) is 0 Å².